The SMILES string of the molecule is CCOc1ccccc1NC(=O)CN(CC)CC(=O)Nc1ccccc1OC. The number of likely N-dealkylation sites (N-methyl/N-ethyl adjacent to an activating group) is 1. The van der Waals surface area contributed by atoms with Crippen LogP contribution >= 0.6 is 0 Å². The van der Waals surface area contributed by atoms with Crippen LogP contribution in [0.3, 0.4) is 0 Å². The fraction of sp³-hybridized carbons (Fsp3) is 0.333. The zero-order chi connectivity index (χ0) is 20.4. The molecule has 0 fully saturated rings. The van der Waals surface area contributed by atoms with Crippen molar-refractivity contribution in [3.63, 3.8) is 0 Å². The predicted octanol–water partition coefficient (Wildman–Crippen LogP) is 2.99. The minimum absolute atomic E-state index is 0.0923. The lowest BCUT2D eigenvalue weighted by atomic mass is 10.3. The second-order valence-corrected chi connectivity index (χ2v) is 6.03. The zero-order valence-corrected chi connectivity index (χ0v) is 16.5. The fourth-order valence-corrected chi connectivity index (χ4v) is 2.66. The molecule has 0 aliphatic heterocycles. The maximum Gasteiger partial charge on any atom is 0.238 e. The molecule has 0 spiro atoms. The number of amides is 2. The molecule has 0 radical (unpaired) electrons. The average molecular weight is 385 g/mol. The van der Waals surface area contributed by atoms with Gasteiger partial charge in [0.1, 0.15) is 11.5 Å². The Labute approximate surface area is 165 Å². The molecular weight excluding hydrogens is 358 g/mol. The van der Waals surface area contributed by atoms with Crippen molar-refractivity contribution in [1.29, 1.82) is 0 Å². The number of rotatable bonds is 10. The molecule has 2 N–H and O–H groups in total. The summed E-state index contributed by atoms with van der Waals surface area (Å²) in [5, 5.41) is 5.66. The summed E-state index contributed by atoms with van der Waals surface area (Å²) in [5.41, 5.74) is 1.21. The number of ether oxygens (including phenoxy) is 2. The standard InChI is InChI=1S/C21H27N3O4/c1-4-24(14-20(25)22-16-10-6-8-12-18(16)27-3)15-21(26)23-17-11-7-9-13-19(17)28-5-2/h6-13H,4-5,14-15H2,1-3H3,(H,22,25)(H,23,26). The Bertz CT molecular complexity index is 795. The quantitative estimate of drug-likeness (QED) is 0.657. The van der Waals surface area contributed by atoms with Gasteiger partial charge in [-0.3, -0.25) is 14.5 Å². The molecule has 0 saturated heterocycles. The molecule has 2 aromatic rings. The van der Waals surface area contributed by atoms with Gasteiger partial charge in [0.05, 0.1) is 38.2 Å². The number of nitrogens with zero attached hydrogens (tertiary/aromatic N) is 1. The molecule has 0 aromatic heterocycles. The van der Waals surface area contributed by atoms with Crippen LogP contribution in [0.4, 0.5) is 11.4 Å². The Kier molecular flexibility index (Phi) is 8.30. The number of para-hydroxylation sites is 4. The van der Waals surface area contributed by atoms with Crippen LogP contribution in [0.5, 0.6) is 11.5 Å². The second kappa shape index (κ2) is 10.9. The van der Waals surface area contributed by atoms with Crippen molar-refractivity contribution in [2.24, 2.45) is 0 Å². The molecule has 0 heterocycles. The average Bonchev–Trinajstić information content (AvgIpc) is 2.69. The normalized spacial score (nSPS) is 10.4. The van der Waals surface area contributed by atoms with Gasteiger partial charge in [0.25, 0.3) is 0 Å². The number of anilines is 2. The van der Waals surface area contributed by atoms with E-state index in [2.05, 4.69) is 10.6 Å². The van der Waals surface area contributed by atoms with E-state index in [0.29, 0.717) is 36.0 Å². The molecule has 7 nitrogen and oxygen atoms in total. The minimum atomic E-state index is -0.214. The maximum absolute atomic E-state index is 12.4. The van der Waals surface area contributed by atoms with Crippen LogP contribution in [0, 0.1) is 0 Å². The molecule has 0 atom stereocenters. The van der Waals surface area contributed by atoms with E-state index in [9.17, 15) is 9.59 Å². The smallest absolute Gasteiger partial charge is 0.238 e. The van der Waals surface area contributed by atoms with E-state index in [0.717, 1.165) is 0 Å². The van der Waals surface area contributed by atoms with E-state index >= 15 is 0 Å². The van der Waals surface area contributed by atoms with Gasteiger partial charge in [0.15, 0.2) is 0 Å². The van der Waals surface area contributed by atoms with Gasteiger partial charge in [-0.2, -0.15) is 0 Å². The zero-order valence-electron chi connectivity index (χ0n) is 16.5. The lowest BCUT2D eigenvalue weighted by molar-refractivity contribution is -0.119. The van der Waals surface area contributed by atoms with Gasteiger partial charge in [-0.1, -0.05) is 31.2 Å². The third kappa shape index (κ3) is 6.28. The van der Waals surface area contributed by atoms with Crippen LogP contribution in [0.15, 0.2) is 48.5 Å². The predicted molar refractivity (Wildman–Crippen MR) is 110 cm³/mol. The Morgan fingerprint density at radius 1 is 0.857 bits per heavy atom. The Hall–Kier alpha value is -3.06. The van der Waals surface area contributed by atoms with E-state index in [-0.39, 0.29) is 24.9 Å². The van der Waals surface area contributed by atoms with Crippen LogP contribution in [-0.4, -0.2) is 50.1 Å². The number of hydrogen-bond donors (Lipinski definition) is 2. The van der Waals surface area contributed by atoms with Gasteiger partial charge >= 0.3 is 0 Å². The highest BCUT2D eigenvalue weighted by molar-refractivity contribution is 5.96. The number of carbonyl (C=O) groups is 2. The van der Waals surface area contributed by atoms with Gasteiger partial charge in [0, 0.05) is 0 Å². The number of hydrogen-bond acceptors (Lipinski definition) is 5. The van der Waals surface area contributed by atoms with Crippen molar-refractivity contribution < 1.29 is 19.1 Å². The third-order valence-corrected chi connectivity index (χ3v) is 4.02. The first-order chi connectivity index (χ1) is 13.6. The van der Waals surface area contributed by atoms with Crippen molar-refractivity contribution in [1.82, 2.24) is 4.90 Å². The Morgan fingerprint density at radius 2 is 1.36 bits per heavy atom. The second-order valence-electron chi connectivity index (χ2n) is 6.03. The maximum atomic E-state index is 12.4. The van der Waals surface area contributed by atoms with Crippen LogP contribution in [0.25, 0.3) is 0 Å². The summed E-state index contributed by atoms with van der Waals surface area (Å²) in [6.45, 7) is 5.04. The monoisotopic (exact) mass is 385 g/mol. The summed E-state index contributed by atoms with van der Waals surface area (Å²) in [7, 11) is 1.55. The molecule has 2 aromatic carbocycles. The van der Waals surface area contributed by atoms with Crippen molar-refractivity contribution in [2.45, 2.75) is 13.8 Å². The summed E-state index contributed by atoms with van der Waals surface area (Å²) in [4.78, 5) is 26.5. The molecule has 0 bridgehead atoms. The Morgan fingerprint density at radius 3 is 1.86 bits per heavy atom. The molecule has 0 aliphatic carbocycles. The molecule has 2 amide bonds. The van der Waals surface area contributed by atoms with E-state index < -0.39 is 0 Å². The number of nitrogens with one attached hydrogen (secondary N) is 2. The molecule has 150 valence electrons. The highest BCUT2D eigenvalue weighted by Crippen LogP contribution is 2.24. The van der Waals surface area contributed by atoms with E-state index in [1.165, 1.54) is 0 Å². The summed E-state index contributed by atoms with van der Waals surface area (Å²) >= 11 is 0. The molecule has 28 heavy (non-hydrogen) atoms. The van der Waals surface area contributed by atoms with Crippen molar-refractivity contribution >= 4 is 23.2 Å². The first-order valence-corrected chi connectivity index (χ1v) is 9.24. The van der Waals surface area contributed by atoms with Gasteiger partial charge < -0.3 is 20.1 Å². The lowest BCUT2D eigenvalue weighted by Crippen LogP contribution is -2.38. The van der Waals surface area contributed by atoms with Crippen molar-refractivity contribution in [2.75, 3.05) is 44.0 Å². The van der Waals surface area contributed by atoms with E-state index in [1.807, 2.05) is 38.1 Å². The van der Waals surface area contributed by atoms with Gasteiger partial charge in [-0.15, -0.1) is 0 Å². The number of benzene rings is 2. The Balaban J connectivity index is 1.92. The summed E-state index contributed by atoms with van der Waals surface area (Å²) in [6, 6.07) is 14.5. The van der Waals surface area contributed by atoms with Crippen LogP contribution in [0.2, 0.25) is 0 Å². The minimum Gasteiger partial charge on any atom is -0.495 e. The van der Waals surface area contributed by atoms with Gasteiger partial charge in [-0.05, 0) is 37.7 Å². The largest absolute Gasteiger partial charge is 0.495 e. The van der Waals surface area contributed by atoms with Gasteiger partial charge in [0.2, 0.25) is 11.8 Å². The summed E-state index contributed by atoms with van der Waals surface area (Å²) < 4.78 is 10.8. The first kappa shape index (κ1) is 21.2. The van der Waals surface area contributed by atoms with Gasteiger partial charge in [-0.25, -0.2) is 0 Å². The summed E-state index contributed by atoms with van der Waals surface area (Å²) in [5.74, 6) is 0.785. The fourth-order valence-electron chi connectivity index (χ4n) is 2.66. The highest BCUT2D eigenvalue weighted by Gasteiger charge is 2.15. The van der Waals surface area contributed by atoms with Crippen LogP contribution in [0.1, 0.15) is 13.8 Å². The molecule has 0 saturated carbocycles. The van der Waals surface area contributed by atoms with E-state index in [4.69, 9.17) is 9.47 Å². The molecular formula is C21H27N3O4. The topological polar surface area (TPSA) is 79.9 Å². The van der Waals surface area contributed by atoms with Crippen molar-refractivity contribution in [3.8, 4) is 11.5 Å². The van der Waals surface area contributed by atoms with E-state index in [1.54, 1.807) is 36.3 Å². The molecule has 0 aliphatic rings. The highest BCUT2D eigenvalue weighted by atomic mass is 16.5. The van der Waals surface area contributed by atoms with Crippen LogP contribution in [-0.2, 0) is 9.59 Å². The lowest BCUT2D eigenvalue weighted by Gasteiger charge is -2.20. The third-order valence-electron chi connectivity index (χ3n) is 4.02. The summed E-state index contributed by atoms with van der Waals surface area (Å²) in [6.07, 6.45) is 0. The van der Waals surface area contributed by atoms with Crippen LogP contribution < -0.4 is 20.1 Å². The molecule has 7 heteroatoms. The first-order valence-electron chi connectivity index (χ1n) is 9.24. The van der Waals surface area contributed by atoms with Crippen molar-refractivity contribution in [3.05, 3.63) is 48.5 Å². The molecule has 0 unspecified atom stereocenters. The molecule has 2 rings (SSSR count). The number of methoxy groups -OCH3 is 1. The number of carbonyl (C=O) groups excluding carboxylic acids is 2.